The van der Waals surface area contributed by atoms with Crippen molar-refractivity contribution in [2.24, 2.45) is 10.8 Å². The van der Waals surface area contributed by atoms with Crippen LogP contribution in [0.2, 0.25) is 0 Å². The molecule has 4 aliphatic carbocycles. The van der Waals surface area contributed by atoms with E-state index in [4.69, 9.17) is 0 Å². The highest BCUT2D eigenvalue weighted by Crippen LogP contribution is 2.64. The van der Waals surface area contributed by atoms with Gasteiger partial charge in [0.25, 0.3) is 10.0 Å². The van der Waals surface area contributed by atoms with Crippen LogP contribution in [-0.4, -0.2) is 23.1 Å². The smallest absolute Gasteiger partial charge is 0.261 e. The van der Waals surface area contributed by atoms with Crippen molar-refractivity contribution in [3.63, 3.8) is 0 Å². The second-order valence-corrected chi connectivity index (χ2v) is 16.6. The van der Waals surface area contributed by atoms with Crippen molar-refractivity contribution in [3.05, 3.63) is 168 Å². The fourth-order valence-corrected chi connectivity index (χ4v) is 8.15. The molecule has 4 aliphatic rings. The van der Waals surface area contributed by atoms with E-state index in [2.05, 4.69) is 29.0 Å². The summed E-state index contributed by atoms with van der Waals surface area (Å²) in [6, 6.07) is 28.1. The monoisotopic (exact) mass is 681 g/mol. The van der Waals surface area contributed by atoms with E-state index in [1.54, 1.807) is 54.6 Å². The van der Waals surface area contributed by atoms with Crippen molar-refractivity contribution in [2.75, 3.05) is 6.26 Å². The van der Waals surface area contributed by atoms with E-state index >= 15 is 0 Å². The third-order valence-corrected chi connectivity index (χ3v) is 11.9. The van der Waals surface area contributed by atoms with Crippen molar-refractivity contribution < 1.29 is 25.6 Å². The lowest BCUT2D eigenvalue weighted by molar-refractivity contribution is 0.589. The second kappa shape index (κ2) is 11.8. The van der Waals surface area contributed by atoms with Gasteiger partial charge in [-0.05, 0) is 102 Å². The Kier molecular flexibility index (Phi) is 7.88. The normalized spacial score (nSPS) is 21.6. The van der Waals surface area contributed by atoms with Crippen LogP contribution < -0.4 is 4.72 Å². The molecule has 244 valence electrons. The average molecular weight is 682 g/mol. The third kappa shape index (κ3) is 6.57. The number of sulfonamides is 1. The van der Waals surface area contributed by atoms with E-state index in [1.807, 2.05) is 30.3 Å². The molecule has 2 atom stereocenters. The summed E-state index contributed by atoms with van der Waals surface area (Å²) in [5.41, 5.74) is 5.46. The number of nitrogens with one attached hydrogen (secondary N) is 1. The Morgan fingerprint density at radius 1 is 0.688 bits per heavy atom. The molecule has 5 nitrogen and oxygen atoms in total. The van der Waals surface area contributed by atoms with Gasteiger partial charge in [-0.2, -0.15) is 0 Å². The minimum atomic E-state index is -3.65. The van der Waals surface area contributed by atoms with Gasteiger partial charge in [0.2, 0.25) is 0 Å². The molecule has 2 saturated carbocycles. The first-order valence-corrected chi connectivity index (χ1v) is 19.0. The molecule has 1 N–H and O–H groups in total. The largest absolute Gasteiger partial charge is 0.279 e. The molecule has 0 radical (unpaired) electrons. The summed E-state index contributed by atoms with van der Waals surface area (Å²) < 4.78 is 77.3. The molecule has 0 aliphatic heterocycles. The van der Waals surface area contributed by atoms with Gasteiger partial charge in [-0.25, -0.2) is 25.6 Å². The summed E-state index contributed by atoms with van der Waals surface area (Å²) in [5, 5.41) is 0. The van der Waals surface area contributed by atoms with E-state index in [0.717, 1.165) is 47.1 Å². The van der Waals surface area contributed by atoms with E-state index < -0.39 is 19.9 Å². The summed E-state index contributed by atoms with van der Waals surface area (Å²) in [6.07, 6.45) is 14.9. The van der Waals surface area contributed by atoms with Crippen LogP contribution in [0.5, 0.6) is 0 Å². The minimum Gasteiger partial charge on any atom is -0.279 e. The molecule has 48 heavy (non-hydrogen) atoms. The number of hydrogen-bond acceptors (Lipinski definition) is 4. The van der Waals surface area contributed by atoms with Crippen molar-refractivity contribution in [1.82, 2.24) is 4.72 Å². The summed E-state index contributed by atoms with van der Waals surface area (Å²) in [7, 11) is -6.82. The van der Waals surface area contributed by atoms with Gasteiger partial charge in [-0.15, -0.1) is 0 Å². The summed E-state index contributed by atoms with van der Waals surface area (Å²) >= 11 is 0. The number of sulfone groups is 1. The number of benzene rings is 4. The Morgan fingerprint density at radius 3 is 1.90 bits per heavy atom. The molecule has 2 fully saturated rings. The van der Waals surface area contributed by atoms with Gasteiger partial charge in [0.05, 0.1) is 15.5 Å². The maximum atomic E-state index is 13.2. The van der Waals surface area contributed by atoms with Gasteiger partial charge in [-0.3, -0.25) is 4.72 Å². The molecule has 0 bridgehead atoms. The SMILES string of the molecule is CS(=O)(=O)c1ccc(C2=CC3(C=C2)CC3c2ccc(F)cc2)cc1.O=S(=O)(NC1=CC2(C=C1c1ccc(F)cc1)CC2)c1ccccc1. The van der Waals surface area contributed by atoms with Gasteiger partial charge < -0.3 is 0 Å². The molecule has 4 aromatic rings. The van der Waals surface area contributed by atoms with Gasteiger partial charge in [0.15, 0.2) is 9.84 Å². The molecule has 0 saturated heterocycles. The highest BCUT2D eigenvalue weighted by molar-refractivity contribution is 7.90. The molecule has 4 aromatic carbocycles. The van der Waals surface area contributed by atoms with Crippen LogP contribution in [0.1, 0.15) is 41.9 Å². The van der Waals surface area contributed by atoms with E-state index in [9.17, 15) is 25.6 Å². The lowest BCUT2D eigenvalue weighted by atomic mass is 9.99. The van der Waals surface area contributed by atoms with Gasteiger partial charge >= 0.3 is 0 Å². The van der Waals surface area contributed by atoms with Crippen LogP contribution in [-0.2, 0) is 19.9 Å². The topological polar surface area (TPSA) is 80.3 Å². The Hall–Kier alpha value is -4.60. The average Bonchev–Trinajstić information content (AvgIpc) is 3.89. The number of halogens is 2. The zero-order valence-electron chi connectivity index (χ0n) is 26.1. The Balaban J connectivity index is 0.000000152. The van der Waals surface area contributed by atoms with Gasteiger partial charge in [-0.1, -0.05) is 78.9 Å². The molecular weight excluding hydrogens is 649 g/mol. The van der Waals surface area contributed by atoms with Crippen LogP contribution in [0.3, 0.4) is 0 Å². The predicted molar refractivity (Wildman–Crippen MR) is 184 cm³/mol. The third-order valence-electron chi connectivity index (χ3n) is 9.37. The molecular formula is C39H33F2NO4S2. The number of rotatable bonds is 7. The van der Waals surface area contributed by atoms with Crippen LogP contribution >= 0.6 is 0 Å². The Labute approximate surface area is 280 Å². The lowest BCUT2D eigenvalue weighted by Crippen LogP contribution is -2.23. The molecule has 0 heterocycles. The summed E-state index contributed by atoms with van der Waals surface area (Å²) in [5.74, 6) is -0.131. The Bertz CT molecular complexity index is 2220. The molecule has 9 heteroatoms. The first kappa shape index (κ1) is 32.0. The first-order valence-electron chi connectivity index (χ1n) is 15.6. The lowest BCUT2D eigenvalue weighted by Gasteiger charge is -2.13. The van der Waals surface area contributed by atoms with Crippen LogP contribution in [0, 0.1) is 22.5 Å². The second-order valence-electron chi connectivity index (χ2n) is 12.9. The fourth-order valence-electron chi connectivity index (χ4n) is 6.43. The maximum absolute atomic E-state index is 13.2. The minimum absolute atomic E-state index is 0.0304. The van der Waals surface area contributed by atoms with E-state index in [0.29, 0.717) is 16.5 Å². The van der Waals surface area contributed by atoms with Gasteiger partial charge in [0.1, 0.15) is 11.6 Å². The van der Waals surface area contributed by atoms with E-state index in [-0.39, 0.29) is 27.4 Å². The highest BCUT2D eigenvalue weighted by Gasteiger charge is 2.52. The van der Waals surface area contributed by atoms with E-state index in [1.165, 1.54) is 30.5 Å². The van der Waals surface area contributed by atoms with Crippen LogP contribution in [0.25, 0.3) is 11.1 Å². The predicted octanol–water partition coefficient (Wildman–Crippen LogP) is 8.22. The standard InChI is InChI=1S/C20H17FO2S.C19H16FNO2S/c1-24(22,23)18-8-4-14(5-9-18)16-10-11-20(12-16)13-19(20)15-2-6-17(21)7-3-15;20-15-8-6-14(7-9-15)17-12-19(10-11-19)13-18(17)21-24(22,23)16-4-2-1-3-5-16/h2-12,19H,13H2,1H3;1-9,12-13,21H,10-11H2. The highest BCUT2D eigenvalue weighted by atomic mass is 32.2. The summed E-state index contributed by atoms with van der Waals surface area (Å²) in [4.78, 5) is 0.556. The Morgan fingerprint density at radius 2 is 1.29 bits per heavy atom. The zero-order chi connectivity index (χ0) is 33.7. The number of allylic oxidation sites excluding steroid dienone is 7. The molecule has 2 unspecified atom stereocenters. The number of hydrogen-bond donors (Lipinski definition) is 1. The van der Waals surface area contributed by atoms with Crippen molar-refractivity contribution in [1.29, 1.82) is 0 Å². The van der Waals surface area contributed by atoms with Gasteiger partial charge in [0, 0.05) is 22.7 Å². The zero-order valence-corrected chi connectivity index (χ0v) is 27.7. The van der Waals surface area contributed by atoms with Crippen molar-refractivity contribution >= 4 is 31.0 Å². The molecule has 8 rings (SSSR count). The van der Waals surface area contributed by atoms with Crippen LogP contribution in [0.15, 0.2) is 149 Å². The van der Waals surface area contributed by atoms with Crippen molar-refractivity contribution in [2.45, 2.75) is 35.0 Å². The summed E-state index contributed by atoms with van der Waals surface area (Å²) in [6.45, 7) is 0. The van der Waals surface area contributed by atoms with Crippen LogP contribution in [0.4, 0.5) is 8.78 Å². The molecule has 2 spiro atoms. The fraction of sp³-hybridized carbons (Fsp3) is 0.179. The quantitative estimate of drug-likeness (QED) is 0.213. The first-order chi connectivity index (χ1) is 22.8. The van der Waals surface area contributed by atoms with Crippen molar-refractivity contribution in [3.8, 4) is 0 Å². The molecule has 0 aromatic heterocycles. The molecule has 0 amide bonds. The maximum Gasteiger partial charge on any atom is 0.261 e.